The van der Waals surface area contributed by atoms with Crippen molar-refractivity contribution in [2.45, 2.75) is 77.4 Å². The largest absolute Gasteiger partial charge is 0.462 e. The van der Waals surface area contributed by atoms with Gasteiger partial charge in [-0.2, -0.15) is 47.0 Å². The van der Waals surface area contributed by atoms with Crippen LogP contribution in [-0.2, 0) is 81.0 Å². The second-order valence-electron chi connectivity index (χ2n) is 14.4. The first-order valence-electron chi connectivity index (χ1n) is 20.2. The van der Waals surface area contributed by atoms with Crippen LogP contribution < -0.4 is 0 Å². The van der Waals surface area contributed by atoms with Crippen LogP contribution in [0.2, 0.25) is 0 Å². The number of Topliss-reactive ketones (excluding diaryl/α,β-unsaturated/α-hetero) is 1. The molecule has 0 unspecified atom stereocenters. The zero-order chi connectivity index (χ0) is 46.6. The minimum absolute atomic E-state index is 0.110. The third kappa shape index (κ3) is 24.1. The van der Waals surface area contributed by atoms with Gasteiger partial charge in [0, 0.05) is 64.4 Å². The average Bonchev–Trinajstić information content (AvgIpc) is 3.21. The molecular formula is C42H58O17S4. The van der Waals surface area contributed by atoms with Gasteiger partial charge in [-0.05, 0) is 26.7 Å². The monoisotopic (exact) mass is 962 g/mol. The highest BCUT2D eigenvalue weighted by Gasteiger charge is 2.45. The Morgan fingerprint density at radius 2 is 0.810 bits per heavy atom. The molecule has 0 radical (unpaired) electrons. The van der Waals surface area contributed by atoms with E-state index in [9.17, 15) is 43.2 Å². The van der Waals surface area contributed by atoms with Crippen LogP contribution in [0.5, 0.6) is 0 Å². The fourth-order valence-corrected chi connectivity index (χ4v) is 9.84. The molecule has 0 aliphatic carbocycles. The quantitative estimate of drug-likeness (QED) is 0.0292. The number of rotatable bonds is 26. The summed E-state index contributed by atoms with van der Waals surface area (Å²) in [7, 11) is 0. The van der Waals surface area contributed by atoms with E-state index >= 15 is 0 Å². The standard InChI is InChI=1S/C42H58O17S4/c1-28(2)40(50)56-18-19-57-41(51)42(31(5)43,12-10-36(46)54-16-14-52-34(44)6-8-38(48)58-32-24-60-20-29(3)21-61-25-32)13-11-37(47)55-17-15-53-35(45)7-9-39(49)59-33-26-62-22-30(4)23-63-27-33/h32-33H,1,3-4,6-27H2,2,5H3. The maximum absolute atomic E-state index is 13.4. The topological polar surface area (TPSA) is 227 Å². The van der Waals surface area contributed by atoms with Crippen molar-refractivity contribution >= 4 is 101 Å². The number of carbonyl (C=O) groups is 9. The van der Waals surface area contributed by atoms with Crippen LogP contribution in [0.15, 0.2) is 36.5 Å². The predicted octanol–water partition coefficient (Wildman–Crippen LogP) is 4.41. The zero-order valence-corrected chi connectivity index (χ0v) is 39.2. The fourth-order valence-electron chi connectivity index (χ4n) is 5.45. The van der Waals surface area contributed by atoms with E-state index in [1.165, 1.54) is 6.92 Å². The van der Waals surface area contributed by atoms with Crippen molar-refractivity contribution in [1.82, 2.24) is 0 Å². The van der Waals surface area contributed by atoms with Crippen LogP contribution in [0, 0.1) is 5.41 Å². The summed E-state index contributed by atoms with van der Waals surface area (Å²) in [5.41, 5.74) is 0.329. The summed E-state index contributed by atoms with van der Waals surface area (Å²) in [6, 6.07) is 0. The van der Waals surface area contributed by atoms with E-state index in [4.69, 9.17) is 37.9 Å². The summed E-state index contributed by atoms with van der Waals surface area (Å²) >= 11 is 6.52. The summed E-state index contributed by atoms with van der Waals surface area (Å²) in [5, 5.41) is 0. The minimum Gasteiger partial charge on any atom is -0.462 e. The van der Waals surface area contributed by atoms with Gasteiger partial charge in [-0.25, -0.2) is 4.79 Å². The summed E-state index contributed by atoms with van der Waals surface area (Å²) in [6.45, 7) is 11.7. The van der Waals surface area contributed by atoms with Crippen LogP contribution >= 0.6 is 47.0 Å². The molecule has 0 bridgehead atoms. The molecule has 0 amide bonds. The van der Waals surface area contributed by atoms with E-state index in [0.29, 0.717) is 23.0 Å². The van der Waals surface area contributed by atoms with Gasteiger partial charge in [0.05, 0.1) is 25.7 Å². The number of hydrogen-bond donors (Lipinski definition) is 0. The molecule has 0 aromatic rings. The molecule has 2 rings (SSSR count). The smallest absolute Gasteiger partial charge is 0.333 e. The van der Waals surface area contributed by atoms with Crippen LogP contribution in [0.3, 0.4) is 0 Å². The van der Waals surface area contributed by atoms with Gasteiger partial charge in [0.15, 0.2) is 0 Å². The van der Waals surface area contributed by atoms with Gasteiger partial charge in [-0.3, -0.25) is 38.4 Å². The highest BCUT2D eigenvalue weighted by molar-refractivity contribution is 8.01. The zero-order valence-electron chi connectivity index (χ0n) is 35.9. The van der Waals surface area contributed by atoms with E-state index in [1.54, 1.807) is 47.0 Å². The molecule has 21 heteroatoms. The number of ether oxygens (including phenoxy) is 8. The lowest BCUT2D eigenvalue weighted by Crippen LogP contribution is -2.41. The lowest BCUT2D eigenvalue weighted by atomic mass is 9.75. The van der Waals surface area contributed by atoms with Crippen LogP contribution in [0.1, 0.15) is 65.2 Å². The molecule has 0 saturated carbocycles. The van der Waals surface area contributed by atoms with Crippen molar-refractivity contribution in [2.75, 3.05) is 85.7 Å². The fraction of sp³-hybridized carbons (Fsp3) is 0.643. The molecule has 0 aromatic carbocycles. The maximum atomic E-state index is 13.4. The van der Waals surface area contributed by atoms with Crippen molar-refractivity contribution in [3.63, 3.8) is 0 Å². The molecule has 0 aromatic heterocycles. The highest BCUT2D eigenvalue weighted by Crippen LogP contribution is 2.34. The van der Waals surface area contributed by atoms with Crippen LogP contribution in [-0.4, -0.2) is 151 Å². The molecule has 63 heavy (non-hydrogen) atoms. The van der Waals surface area contributed by atoms with Crippen LogP contribution in [0.4, 0.5) is 0 Å². The van der Waals surface area contributed by atoms with E-state index in [1.807, 2.05) is 0 Å². The summed E-state index contributed by atoms with van der Waals surface area (Å²) < 4.78 is 41.5. The van der Waals surface area contributed by atoms with Crippen LogP contribution in [0.25, 0.3) is 0 Å². The Bertz CT molecular complexity index is 1540. The Hall–Kier alpha value is -3.95. The molecular weight excluding hydrogens is 905 g/mol. The minimum atomic E-state index is -2.03. The van der Waals surface area contributed by atoms with Gasteiger partial charge in [-0.1, -0.05) is 30.9 Å². The number of thioether (sulfide) groups is 4. The van der Waals surface area contributed by atoms with Gasteiger partial charge in [0.1, 0.15) is 63.0 Å². The van der Waals surface area contributed by atoms with Gasteiger partial charge in [0.25, 0.3) is 0 Å². The first-order chi connectivity index (χ1) is 30.0. The molecule has 352 valence electrons. The molecule has 17 nitrogen and oxygen atoms in total. The van der Waals surface area contributed by atoms with E-state index in [2.05, 4.69) is 19.7 Å². The summed E-state index contributed by atoms with van der Waals surface area (Å²) in [6.07, 6.45) is -3.27. The van der Waals surface area contributed by atoms with Gasteiger partial charge in [0.2, 0.25) is 0 Å². The lowest BCUT2D eigenvalue weighted by molar-refractivity contribution is -0.166. The Morgan fingerprint density at radius 1 is 0.492 bits per heavy atom. The van der Waals surface area contributed by atoms with Crippen molar-refractivity contribution in [3.8, 4) is 0 Å². The van der Waals surface area contributed by atoms with Gasteiger partial charge in [-0.15, -0.1) is 0 Å². The summed E-state index contributed by atoms with van der Waals surface area (Å²) in [5.74, 6) is -1.06. The Labute approximate surface area is 384 Å². The normalized spacial score (nSPS) is 15.2. The van der Waals surface area contributed by atoms with Crippen molar-refractivity contribution < 1.29 is 81.0 Å². The maximum Gasteiger partial charge on any atom is 0.333 e. The lowest BCUT2D eigenvalue weighted by Gasteiger charge is -2.28. The van der Waals surface area contributed by atoms with Crippen molar-refractivity contribution in [3.05, 3.63) is 36.5 Å². The molecule has 2 saturated heterocycles. The molecule has 0 N–H and O–H groups in total. The van der Waals surface area contributed by atoms with Gasteiger partial charge >= 0.3 is 47.8 Å². The number of ketones is 1. The van der Waals surface area contributed by atoms with Crippen molar-refractivity contribution in [1.29, 1.82) is 0 Å². The Kier molecular flexibility index (Phi) is 27.2. The third-order valence-electron chi connectivity index (χ3n) is 8.80. The first kappa shape index (κ1) is 55.2. The first-order valence-corrected chi connectivity index (χ1v) is 24.8. The third-order valence-corrected chi connectivity index (χ3v) is 13.7. The number of carbonyl (C=O) groups excluding carboxylic acids is 9. The Morgan fingerprint density at radius 3 is 1.16 bits per heavy atom. The van der Waals surface area contributed by atoms with E-state index in [0.717, 1.165) is 41.1 Å². The second-order valence-corrected chi connectivity index (χ2v) is 18.5. The van der Waals surface area contributed by atoms with E-state index < -0.39 is 91.2 Å². The van der Waals surface area contributed by atoms with E-state index in [-0.39, 0.29) is 76.5 Å². The summed E-state index contributed by atoms with van der Waals surface area (Å²) in [4.78, 5) is 112. The molecule has 0 atom stereocenters. The molecule has 2 fully saturated rings. The SMILES string of the molecule is C=C1CSCC(OC(=O)CCC(=O)OCCOC(=O)CCC(CCC(=O)OCCOC(=O)CCC(=O)OC2CSCC(=C)CSC2)(C(C)=O)C(=O)OCCOC(=O)C(=C)C)CSC1. The second kappa shape index (κ2) is 31.0. The van der Waals surface area contributed by atoms with Crippen molar-refractivity contribution in [2.24, 2.45) is 5.41 Å². The molecule has 0 spiro atoms. The highest BCUT2D eigenvalue weighted by atomic mass is 32.2. The number of hydrogen-bond acceptors (Lipinski definition) is 21. The molecule has 2 aliphatic heterocycles. The number of esters is 8. The Balaban J connectivity index is 1.81. The molecule has 2 aliphatic rings. The predicted molar refractivity (Wildman–Crippen MR) is 238 cm³/mol. The molecule has 2 heterocycles. The average molecular weight is 963 g/mol. The van der Waals surface area contributed by atoms with Gasteiger partial charge < -0.3 is 37.9 Å².